The largest absolute Gasteiger partial charge is 0.481 e. The van der Waals surface area contributed by atoms with E-state index < -0.39 is 46.1 Å². The third kappa shape index (κ3) is 5.89. The van der Waals surface area contributed by atoms with Gasteiger partial charge in [-0.1, -0.05) is 5.16 Å². The van der Waals surface area contributed by atoms with Crippen molar-refractivity contribution >= 4 is 75.0 Å². The number of aromatic nitrogens is 4. The van der Waals surface area contributed by atoms with Crippen LogP contribution < -0.4 is 22.3 Å². The van der Waals surface area contributed by atoms with Crippen LogP contribution in [0, 0.1) is 5.41 Å². The van der Waals surface area contributed by atoms with Gasteiger partial charge in [0.2, 0.25) is 11.5 Å². The maximum Gasteiger partial charge on any atom is 0.313 e. The van der Waals surface area contributed by atoms with Crippen molar-refractivity contribution in [3.63, 3.8) is 0 Å². The molecule has 8 N–H and O–H groups in total. The Hall–Kier alpha value is -3.98. The molecule has 2 saturated heterocycles. The summed E-state index contributed by atoms with van der Waals surface area (Å²) in [5, 5.41) is 32.3. The topological polar surface area (TPSA) is 253 Å². The molecule has 20 heteroatoms. The number of β-lactam (4-membered cyclic amide) rings is 1. The molecule has 2 unspecified atom stereocenters. The second-order valence-electron chi connectivity index (χ2n) is 10.4. The number of oxime groups is 1. The van der Waals surface area contributed by atoms with Crippen molar-refractivity contribution in [3.8, 4) is 0 Å². The van der Waals surface area contributed by atoms with Crippen molar-refractivity contribution in [3.05, 3.63) is 35.1 Å². The number of nitrogens with zero attached hydrogens (tertiary/aromatic N) is 6. The van der Waals surface area contributed by atoms with Crippen molar-refractivity contribution in [2.75, 3.05) is 23.8 Å². The number of amides is 3. The molecule has 0 aliphatic carbocycles. The van der Waals surface area contributed by atoms with E-state index in [9.17, 15) is 29.4 Å². The van der Waals surface area contributed by atoms with E-state index >= 15 is 0 Å². The predicted molar refractivity (Wildman–Crippen MR) is 160 cm³/mol. The van der Waals surface area contributed by atoms with Crippen LogP contribution in [0.5, 0.6) is 0 Å². The number of thioether (sulfide) groups is 2. The van der Waals surface area contributed by atoms with Crippen molar-refractivity contribution in [1.29, 1.82) is 0 Å². The summed E-state index contributed by atoms with van der Waals surface area (Å²) in [5.41, 5.74) is 5.53. The smallest absolute Gasteiger partial charge is 0.313 e. The summed E-state index contributed by atoms with van der Waals surface area (Å²) >= 11 is 3.53. The van der Waals surface area contributed by atoms with Crippen molar-refractivity contribution in [1.82, 2.24) is 35.2 Å². The Morgan fingerprint density at radius 3 is 2.77 bits per heavy atom. The number of anilines is 1. The summed E-state index contributed by atoms with van der Waals surface area (Å²) in [6.07, 6.45) is 1.55. The Kier molecular flexibility index (Phi) is 8.71. The summed E-state index contributed by atoms with van der Waals surface area (Å²) in [6, 6.07) is 2.35. The molecule has 0 spiro atoms. The summed E-state index contributed by atoms with van der Waals surface area (Å²) < 4.78 is 1.56. The molecule has 2 aliphatic rings. The van der Waals surface area contributed by atoms with Gasteiger partial charge in [0.05, 0.1) is 18.5 Å². The molecule has 3 amide bonds. The zero-order valence-corrected chi connectivity index (χ0v) is 25.7. The predicted octanol–water partition coefficient (Wildman–Crippen LogP) is -0.987. The Balaban J connectivity index is 1.29. The fraction of sp³-hybridized carbons (Fsp3) is 0.417. The Morgan fingerprint density at radius 2 is 2.11 bits per heavy atom. The van der Waals surface area contributed by atoms with Crippen molar-refractivity contribution in [2.24, 2.45) is 16.4 Å². The van der Waals surface area contributed by atoms with Crippen LogP contribution in [-0.4, -0.2) is 99.2 Å². The van der Waals surface area contributed by atoms with Crippen LogP contribution in [0.1, 0.15) is 25.2 Å². The molecule has 44 heavy (non-hydrogen) atoms. The molecule has 3 aromatic rings. The number of fused-ring (bicyclic) bond motifs is 2. The average molecular weight is 665 g/mol. The number of aliphatic hydroxyl groups is 1. The zero-order chi connectivity index (χ0) is 31.8. The van der Waals surface area contributed by atoms with E-state index in [2.05, 4.69) is 25.5 Å². The third-order valence-corrected chi connectivity index (χ3v) is 10.5. The number of carbonyl (C=O) groups excluding carboxylic acids is 3. The molecular weight excluding hydrogens is 637 g/mol. The second-order valence-corrected chi connectivity index (χ2v) is 13.4. The monoisotopic (exact) mass is 664 g/mol. The maximum absolute atomic E-state index is 13.3. The second kappa shape index (κ2) is 12.2. The number of nitrogens with one attached hydrogen (secondary N) is 2. The Bertz CT molecular complexity index is 1660. The molecule has 2 fully saturated rings. The number of aliphatic hydroxyl groups excluding tert-OH is 1. The molecule has 0 saturated carbocycles. The van der Waals surface area contributed by atoms with Gasteiger partial charge in [-0.3, -0.25) is 24.6 Å². The van der Waals surface area contributed by atoms with Crippen molar-refractivity contribution in [2.45, 2.75) is 42.5 Å². The van der Waals surface area contributed by atoms with Gasteiger partial charge in [0.1, 0.15) is 27.6 Å². The molecule has 0 bridgehead atoms. The SMILES string of the molecule is CC(C)(ON=C(C(=O)NC1C(=O)N2CC(CSc3cc(CO)nc4ccnn34)(C(=O)O)CS[C@H]12)c1csc(N)n1)C(=O)NN. The minimum atomic E-state index is -1.54. The number of carboxylic acids is 1. The van der Waals surface area contributed by atoms with Gasteiger partial charge in [-0.15, -0.1) is 34.9 Å². The Labute approximate surface area is 261 Å². The molecule has 3 atom stereocenters. The number of hydrogen-bond donors (Lipinski definition) is 6. The fourth-order valence-electron chi connectivity index (χ4n) is 4.42. The first-order valence-corrected chi connectivity index (χ1v) is 15.8. The zero-order valence-electron chi connectivity index (χ0n) is 23.3. The third-order valence-electron chi connectivity index (χ3n) is 6.95. The van der Waals surface area contributed by atoms with E-state index in [1.165, 1.54) is 47.7 Å². The standard InChI is InChI=1S/C24H28N10O7S3/c1-23(2,20(38)31-26)41-32-15(12-7-42-22(25)29-12)17(36)30-16-18(37)33-8-24(21(39)40,10-44-19(16)33)9-43-14-5-11(6-35)28-13-3-4-27-34(13)14/h3-5,7,16,19,35H,6,8-10,26H2,1-2H3,(H2,25,29)(H,30,36)(H,31,38)(H,39,40)/t16?,19-,24?/m1/s1. The van der Waals surface area contributed by atoms with Crippen LogP contribution in [0.2, 0.25) is 0 Å². The fourth-order valence-corrected chi connectivity index (χ4v) is 7.86. The van der Waals surface area contributed by atoms with Crippen LogP contribution in [0.3, 0.4) is 0 Å². The van der Waals surface area contributed by atoms with E-state index in [-0.39, 0.29) is 41.2 Å². The number of carboxylic acid groups (broad SMARTS) is 1. The minimum absolute atomic E-state index is 0.0718. The number of aliphatic carboxylic acids is 1. The van der Waals surface area contributed by atoms with Gasteiger partial charge >= 0.3 is 5.97 Å². The minimum Gasteiger partial charge on any atom is -0.481 e. The van der Waals surface area contributed by atoms with Gasteiger partial charge in [0.25, 0.3) is 11.8 Å². The number of carbonyl (C=O) groups is 4. The van der Waals surface area contributed by atoms with Gasteiger partial charge < -0.3 is 31.0 Å². The van der Waals surface area contributed by atoms with Crippen LogP contribution in [0.15, 0.2) is 33.9 Å². The molecular formula is C24H28N10O7S3. The summed E-state index contributed by atoms with van der Waals surface area (Å²) in [7, 11) is 0. The Morgan fingerprint density at radius 1 is 1.34 bits per heavy atom. The molecule has 3 aromatic heterocycles. The number of thiazole rings is 1. The van der Waals surface area contributed by atoms with E-state index in [1.54, 1.807) is 22.8 Å². The molecule has 234 valence electrons. The number of nitrogens with two attached hydrogens (primary N) is 2. The number of hydrazine groups is 1. The highest BCUT2D eigenvalue weighted by Crippen LogP contribution is 2.44. The van der Waals surface area contributed by atoms with Gasteiger partial charge in [0, 0.05) is 29.5 Å². The van der Waals surface area contributed by atoms with Gasteiger partial charge in [-0.25, -0.2) is 20.3 Å². The highest BCUT2D eigenvalue weighted by atomic mass is 32.2. The lowest BCUT2D eigenvalue weighted by Crippen LogP contribution is -2.74. The van der Waals surface area contributed by atoms with Gasteiger partial charge in [0.15, 0.2) is 16.5 Å². The lowest BCUT2D eigenvalue weighted by Gasteiger charge is -2.53. The molecule has 5 heterocycles. The molecule has 0 radical (unpaired) electrons. The highest BCUT2D eigenvalue weighted by Gasteiger charge is 2.57. The normalized spacial score (nSPS) is 21.9. The van der Waals surface area contributed by atoms with Crippen LogP contribution >= 0.6 is 34.9 Å². The number of nitrogen functional groups attached to an aromatic ring is 1. The molecule has 0 aromatic carbocycles. The average Bonchev–Trinajstić information content (AvgIpc) is 3.66. The van der Waals surface area contributed by atoms with E-state index in [1.807, 2.05) is 5.43 Å². The van der Waals surface area contributed by atoms with Gasteiger partial charge in [-0.2, -0.15) is 5.10 Å². The summed E-state index contributed by atoms with van der Waals surface area (Å²) in [5.74, 6) is 2.42. The lowest BCUT2D eigenvalue weighted by molar-refractivity contribution is -0.157. The quantitative estimate of drug-likeness (QED) is 0.0274. The van der Waals surface area contributed by atoms with Crippen LogP contribution in [-0.2, 0) is 30.6 Å². The summed E-state index contributed by atoms with van der Waals surface area (Å²) in [6.45, 7) is 2.41. The molecule has 2 aliphatic heterocycles. The first kappa shape index (κ1) is 31.4. The van der Waals surface area contributed by atoms with E-state index in [0.717, 1.165) is 11.3 Å². The first-order valence-electron chi connectivity index (χ1n) is 12.9. The van der Waals surface area contributed by atoms with Crippen LogP contribution in [0.4, 0.5) is 5.13 Å². The highest BCUT2D eigenvalue weighted by molar-refractivity contribution is 8.00. The van der Waals surface area contributed by atoms with Crippen molar-refractivity contribution < 1.29 is 34.2 Å². The van der Waals surface area contributed by atoms with Gasteiger partial charge in [-0.05, 0) is 19.9 Å². The van der Waals surface area contributed by atoms with E-state index in [4.69, 9.17) is 16.4 Å². The van der Waals surface area contributed by atoms with Crippen LogP contribution in [0.25, 0.3) is 5.65 Å². The number of hydrogen-bond acceptors (Lipinski definition) is 15. The molecule has 17 nitrogen and oxygen atoms in total. The van der Waals surface area contributed by atoms with E-state index in [0.29, 0.717) is 16.4 Å². The first-order chi connectivity index (χ1) is 20.9. The summed E-state index contributed by atoms with van der Waals surface area (Å²) in [4.78, 5) is 66.2. The maximum atomic E-state index is 13.3. The lowest BCUT2D eigenvalue weighted by atomic mass is 9.89. The number of rotatable bonds is 11. The molecule has 5 rings (SSSR count).